The van der Waals surface area contributed by atoms with Gasteiger partial charge >= 0.3 is 0 Å². The number of aryl methyl sites for hydroxylation is 1. The van der Waals surface area contributed by atoms with Gasteiger partial charge in [0.15, 0.2) is 18.7 Å². The predicted molar refractivity (Wildman–Crippen MR) is 96.5 cm³/mol. The fraction of sp³-hybridized carbons (Fsp3) is 0.421. The number of nitrogens with zero attached hydrogens (tertiary/aromatic N) is 1. The zero-order chi connectivity index (χ0) is 19.1. The van der Waals surface area contributed by atoms with Crippen molar-refractivity contribution in [1.29, 1.82) is 0 Å². The number of aromatic nitrogens is 1. The second-order valence-electron chi connectivity index (χ2n) is 6.00. The zero-order valence-electron chi connectivity index (χ0n) is 15.2. The molecule has 3 atom stereocenters. The van der Waals surface area contributed by atoms with Gasteiger partial charge in [0.05, 0.1) is 5.69 Å². The lowest BCUT2D eigenvalue weighted by Gasteiger charge is -2.28. The van der Waals surface area contributed by atoms with Gasteiger partial charge < -0.3 is 24.8 Å². The summed E-state index contributed by atoms with van der Waals surface area (Å²) < 4.78 is 11.7. The van der Waals surface area contributed by atoms with Crippen LogP contribution >= 0.6 is 0 Å². The molecule has 0 aliphatic heterocycles. The highest BCUT2D eigenvalue weighted by atomic mass is 16.5. The number of rotatable bonds is 9. The summed E-state index contributed by atoms with van der Waals surface area (Å²) in [4.78, 5) is 4.09. The first kappa shape index (κ1) is 20.1. The fourth-order valence-electron chi connectivity index (χ4n) is 2.28. The minimum Gasteiger partial charge on any atom is -0.475 e. The molecule has 1 aromatic heterocycles. The summed E-state index contributed by atoms with van der Waals surface area (Å²) in [6, 6.07) is 10.9. The monoisotopic (exact) mass is 362 g/mol. The van der Waals surface area contributed by atoms with Crippen molar-refractivity contribution in [3.05, 3.63) is 53.9 Å². The van der Waals surface area contributed by atoms with Gasteiger partial charge in [-0.15, -0.1) is 0 Å². The van der Waals surface area contributed by atoms with Gasteiger partial charge in [-0.25, -0.2) is 5.32 Å². The molecule has 2 rings (SSSR count). The van der Waals surface area contributed by atoms with E-state index in [4.69, 9.17) is 9.47 Å². The number of aliphatic hydroxyl groups excluding tert-OH is 2. The van der Waals surface area contributed by atoms with E-state index in [1.165, 1.54) is 12.3 Å². The third-order valence-corrected chi connectivity index (χ3v) is 3.79. The number of para-hydroxylation sites is 1. The highest BCUT2D eigenvalue weighted by molar-refractivity contribution is 5.31. The van der Waals surface area contributed by atoms with Gasteiger partial charge in [-0.3, -0.25) is 4.98 Å². The molecule has 0 fully saturated rings. The number of nitrogens with one attached hydrogen (secondary N) is 1. The minimum atomic E-state index is -1.65. The van der Waals surface area contributed by atoms with Gasteiger partial charge in [-0.1, -0.05) is 25.1 Å². The molecule has 7 heteroatoms. The van der Waals surface area contributed by atoms with Gasteiger partial charge in [-0.05, 0) is 38.5 Å². The number of ether oxygens (including phenoxy) is 2. The lowest BCUT2D eigenvalue weighted by Crippen LogP contribution is -2.50. The van der Waals surface area contributed by atoms with Crippen molar-refractivity contribution in [2.75, 3.05) is 0 Å². The van der Waals surface area contributed by atoms with Crippen LogP contribution in [0.5, 0.6) is 11.5 Å². The Morgan fingerprint density at radius 2 is 1.81 bits per heavy atom. The van der Waals surface area contributed by atoms with E-state index in [0.29, 0.717) is 23.6 Å². The summed E-state index contributed by atoms with van der Waals surface area (Å²) in [5.74, 6) is 1.06. The van der Waals surface area contributed by atoms with Crippen LogP contribution < -0.4 is 14.8 Å². The van der Waals surface area contributed by atoms with Crippen LogP contribution in [0.3, 0.4) is 0 Å². The Kier molecular flexibility index (Phi) is 7.35. The maximum absolute atomic E-state index is 10.1. The second-order valence-corrected chi connectivity index (χ2v) is 6.00. The molecule has 26 heavy (non-hydrogen) atoms. The summed E-state index contributed by atoms with van der Waals surface area (Å²) >= 11 is 0. The van der Waals surface area contributed by atoms with E-state index in [1.54, 1.807) is 13.8 Å². The number of hydrogen-bond acceptors (Lipinski definition) is 7. The molecule has 0 bridgehead atoms. The molecule has 7 nitrogen and oxygen atoms in total. The zero-order valence-corrected chi connectivity index (χ0v) is 15.2. The quantitative estimate of drug-likeness (QED) is 0.505. The molecule has 142 valence electrons. The molecule has 2 aromatic rings. The van der Waals surface area contributed by atoms with Crippen molar-refractivity contribution in [3.63, 3.8) is 0 Å². The molecular formula is C19H26N2O5. The average molecular weight is 362 g/mol. The molecule has 1 heterocycles. The van der Waals surface area contributed by atoms with E-state index in [-0.39, 0.29) is 11.8 Å². The number of hydrogen-bond donors (Lipinski definition) is 4. The van der Waals surface area contributed by atoms with Gasteiger partial charge in [-0.2, -0.15) is 0 Å². The lowest BCUT2D eigenvalue weighted by atomic mass is 10.2. The minimum absolute atomic E-state index is 0.211. The van der Waals surface area contributed by atoms with E-state index in [1.807, 2.05) is 37.3 Å². The van der Waals surface area contributed by atoms with Gasteiger partial charge in [0, 0.05) is 11.8 Å². The molecule has 0 aliphatic rings. The van der Waals surface area contributed by atoms with Gasteiger partial charge in [0.1, 0.15) is 17.6 Å². The van der Waals surface area contributed by atoms with Crippen LogP contribution in [0.15, 0.2) is 42.6 Å². The summed E-state index contributed by atoms with van der Waals surface area (Å²) in [5.41, 5.74) is 0.779. The van der Waals surface area contributed by atoms with E-state index >= 15 is 0 Å². The molecule has 0 saturated carbocycles. The Morgan fingerprint density at radius 1 is 1.12 bits per heavy atom. The molecule has 0 saturated heterocycles. The van der Waals surface area contributed by atoms with Crippen molar-refractivity contribution in [2.45, 2.75) is 52.0 Å². The summed E-state index contributed by atoms with van der Waals surface area (Å²) in [6.45, 7) is 5.29. The van der Waals surface area contributed by atoms with Crippen LogP contribution in [0.2, 0.25) is 0 Å². The van der Waals surface area contributed by atoms with E-state index < -0.39 is 18.6 Å². The summed E-state index contributed by atoms with van der Waals surface area (Å²) in [7, 11) is 0. The first-order valence-electron chi connectivity index (χ1n) is 8.55. The van der Waals surface area contributed by atoms with Crippen molar-refractivity contribution >= 4 is 0 Å². The summed E-state index contributed by atoms with van der Waals surface area (Å²) in [5, 5.41) is 31.8. The van der Waals surface area contributed by atoms with Crippen LogP contribution in [0, 0.1) is 6.92 Å². The first-order chi connectivity index (χ1) is 12.4. The van der Waals surface area contributed by atoms with Gasteiger partial charge in [0.25, 0.3) is 0 Å². The Bertz CT molecular complexity index is 679. The first-order valence-corrected chi connectivity index (χ1v) is 8.55. The maximum Gasteiger partial charge on any atom is 0.180 e. The van der Waals surface area contributed by atoms with Gasteiger partial charge in [0.2, 0.25) is 0 Å². The van der Waals surface area contributed by atoms with Crippen molar-refractivity contribution in [2.24, 2.45) is 0 Å². The lowest BCUT2D eigenvalue weighted by molar-refractivity contribution is -0.0434. The third-order valence-electron chi connectivity index (χ3n) is 3.79. The Balaban J connectivity index is 2.12. The van der Waals surface area contributed by atoms with Crippen LogP contribution in [0.4, 0.5) is 0 Å². The van der Waals surface area contributed by atoms with Crippen LogP contribution in [0.25, 0.3) is 0 Å². The maximum atomic E-state index is 10.1. The molecule has 3 unspecified atom stereocenters. The SMILES string of the molecule is CCC(NC(Oc1cc(C(O)O)cnc1C)C(C)O)Oc1ccccc1. The number of pyridine rings is 1. The van der Waals surface area contributed by atoms with E-state index in [0.717, 1.165) is 0 Å². The topological polar surface area (TPSA) is 104 Å². The van der Waals surface area contributed by atoms with Crippen molar-refractivity contribution < 1.29 is 24.8 Å². The Morgan fingerprint density at radius 3 is 2.38 bits per heavy atom. The molecule has 1 aromatic carbocycles. The standard InChI is InChI=1S/C19H26N2O5/c1-4-17(25-15-8-6-5-7-9-15)21-18(13(3)22)26-16-10-14(19(23)24)11-20-12(16)2/h5-11,13,17-19,21-24H,4H2,1-3H3. The predicted octanol–water partition coefficient (Wildman–Crippen LogP) is 1.86. The van der Waals surface area contributed by atoms with Crippen LogP contribution in [0.1, 0.15) is 37.8 Å². The molecule has 0 aliphatic carbocycles. The van der Waals surface area contributed by atoms with Crippen molar-refractivity contribution in [1.82, 2.24) is 10.3 Å². The van der Waals surface area contributed by atoms with Crippen molar-refractivity contribution in [3.8, 4) is 11.5 Å². The largest absolute Gasteiger partial charge is 0.475 e. The number of benzene rings is 1. The molecule has 0 radical (unpaired) electrons. The Labute approximate surface area is 153 Å². The summed E-state index contributed by atoms with van der Waals surface area (Å²) in [6.07, 6.45) is -1.62. The highest BCUT2D eigenvalue weighted by Crippen LogP contribution is 2.22. The molecular weight excluding hydrogens is 336 g/mol. The number of aliphatic hydroxyl groups is 3. The molecule has 0 amide bonds. The normalized spacial score (nSPS) is 14.7. The van der Waals surface area contributed by atoms with E-state index in [2.05, 4.69) is 10.3 Å². The highest BCUT2D eigenvalue weighted by Gasteiger charge is 2.23. The van der Waals surface area contributed by atoms with Crippen LogP contribution in [-0.2, 0) is 0 Å². The fourth-order valence-corrected chi connectivity index (χ4v) is 2.28. The smallest absolute Gasteiger partial charge is 0.180 e. The third kappa shape index (κ3) is 5.67. The molecule has 0 spiro atoms. The average Bonchev–Trinajstić information content (AvgIpc) is 2.62. The molecule has 4 N–H and O–H groups in total. The van der Waals surface area contributed by atoms with E-state index in [9.17, 15) is 15.3 Å². The van der Waals surface area contributed by atoms with Crippen LogP contribution in [-0.4, -0.2) is 38.9 Å². The Hall–Kier alpha value is -2.19. The second kappa shape index (κ2) is 9.49.